The van der Waals surface area contributed by atoms with E-state index in [9.17, 15) is 14.4 Å². The van der Waals surface area contributed by atoms with Crippen molar-refractivity contribution in [1.29, 1.82) is 0 Å². The minimum atomic E-state index is -1.01. The lowest BCUT2D eigenvalue weighted by Gasteiger charge is -2.42. The van der Waals surface area contributed by atoms with Crippen LogP contribution in [0, 0.1) is 0 Å². The molecular formula is C26H40N4O5. The molecule has 194 valence electrons. The molecule has 3 rings (SSSR count). The smallest absolute Gasteiger partial charge is 0.410 e. The van der Waals surface area contributed by atoms with E-state index in [4.69, 9.17) is 15.2 Å². The van der Waals surface area contributed by atoms with E-state index in [1.54, 1.807) is 41.8 Å². The van der Waals surface area contributed by atoms with Crippen LogP contribution in [0.4, 0.5) is 10.5 Å². The molecule has 2 aliphatic heterocycles. The summed E-state index contributed by atoms with van der Waals surface area (Å²) in [6.07, 6.45) is 1.22. The van der Waals surface area contributed by atoms with E-state index in [1.165, 1.54) is 0 Å². The van der Waals surface area contributed by atoms with Crippen molar-refractivity contribution < 1.29 is 23.9 Å². The van der Waals surface area contributed by atoms with Gasteiger partial charge in [-0.3, -0.25) is 9.59 Å². The van der Waals surface area contributed by atoms with Crippen LogP contribution < -0.4 is 15.4 Å². The number of anilines is 1. The minimum Gasteiger partial charge on any atom is -0.476 e. The summed E-state index contributed by atoms with van der Waals surface area (Å²) in [5.74, 6) is 0.203. The zero-order valence-electron chi connectivity index (χ0n) is 22.1. The van der Waals surface area contributed by atoms with Crippen molar-refractivity contribution in [1.82, 2.24) is 9.80 Å². The van der Waals surface area contributed by atoms with Crippen molar-refractivity contribution in [2.75, 3.05) is 31.1 Å². The molecule has 1 fully saturated rings. The molecule has 0 radical (unpaired) electrons. The van der Waals surface area contributed by atoms with Gasteiger partial charge in [0, 0.05) is 37.8 Å². The van der Waals surface area contributed by atoms with Gasteiger partial charge in [-0.25, -0.2) is 4.79 Å². The fourth-order valence-electron chi connectivity index (χ4n) is 4.70. The predicted molar refractivity (Wildman–Crippen MR) is 135 cm³/mol. The summed E-state index contributed by atoms with van der Waals surface area (Å²) in [4.78, 5) is 44.5. The predicted octanol–water partition coefficient (Wildman–Crippen LogP) is 3.40. The third-order valence-corrected chi connectivity index (χ3v) is 6.21. The Morgan fingerprint density at radius 1 is 1.29 bits per heavy atom. The first-order valence-corrected chi connectivity index (χ1v) is 12.4. The first kappa shape index (κ1) is 26.8. The van der Waals surface area contributed by atoms with Gasteiger partial charge in [0.25, 0.3) is 11.8 Å². The Balaban J connectivity index is 1.87. The molecule has 2 N–H and O–H groups in total. The molecule has 9 nitrogen and oxygen atoms in total. The summed E-state index contributed by atoms with van der Waals surface area (Å²) < 4.78 is 11.5. The number of carbonyl (C=O) groups excluding carboxylic acids is 3. The highest BCUT2D eigenvalue weighted by molar-refractivity contribution is 6.04. The number of nitrogens with two attached hydrogens (primary N) is 1. The highest BCUT2D eigenvalue weighted by Crippen LogP contribution is 2.38. The lowest BCUT2D eigenvalue weighted by atomic mass is 9.99. The van der Waals surface area contributed by atoms with Gasteiger partial charge in [-0.2, -0.15) is 0 Å². The Hall–Kier alpha value is -2.81. The van der Waals surface area contributed by atoms with Crippen LogP contribution >= 0.6 is 0 Å². The van der Waals surface area contributed by atoms with Gasteiger partial charge in [0.05, 0.1) is 11.7 Å². The first-order valence-electron chi connectivity index (χ1n) is 12.4. The zero-order chi connectivity index (χ0) is 26.1. The number of hydrogen-bond acceptors (Lipinski definition) is 6. The average Bonchev–Trinajstić information content (AvgIpc) is 2.75. The van der Waals surface area contributed by atoms with Crippen LogP contribution in [0.1, 0.15) is 71.7 Å². The number of carbonyl (C=O) groups is 3. The van der Waals surface area contributed by atoms with Crippen molar-refractivity contribution in [3.05, 3.63) is 23.8 Å². The number of fused-ring (bicyclic) bond motifs is 1. The van der Waals surface area contributed by atoms with E-state index in [2.05, 4.69) is 0 Å². The number of likely N-dealkylation sites (tertiary alicyclic amines) is 1. The first-order chi connectivity index (χ1) is 16.2. The second kappa shape index (κ2) is 10.0. The summed E-state index contributed by atoms with van der Waals surface area (Å²) in [5.41, 5.74) is 5.20. The molecular weight excluding hydrogens is 448 g/mol. The SMILES string of the molecule is CC(C)N(C(=O)c1ccc2c(c1)N(CCN)C(=O)C(C)(C)O2)[C@@H]1CCCN(C(=O)OC(C)(C)C)C1. The Kier molecular flexibility index (Phi) is 7.69. The lowest BCUT2D eigenvalue weighted by Crippen LogP contribution is -2.55. The van der Waals surface area contributed by atoms with Crippen molar-refractivity contribution in [2.45, 2.75) is 84.6 Å². The molecule has 0 spiro atoms. The van der Waals surface area contributed by atoms with Crippen LogP contribution in [-0.4, -0.2) is 77.2 Å². The zero-order valence-corrected chi connectivity index (χ0v) is 22.1. The van der Waals surface area contributed by atoms with Gasteiger partial charge in [0.15, 0.2) is 5.60 Å². The normalized spacial score (nSPS) is 19.8. The topological polar surface area (TPSA) is 105 Å². The highest BCUT2D eigenvalue weighted by Gasteiger charge is 2.41. The van der Waals surface area contributed by atoms with E-state index in [1.807, 2.05) is 39.5 Å². The number of hydrogen-bond donors (Lipinski definition) is 1. The molecule has 9 heteroatoms. The fourth-order valence-corrected chi connectivity index (χ4v) is 4.70. The molecule has 0 aliphatic carbocycles. The Morgan fingerprint density at radius 2 is 1.97 bits per heavy atom. The summed E-state index contributed by atoms with van der Waals surface area (Å²) in [5, 5.41) is 0. The quantitative estimate of drug-likeness (QED) is 0.681. The maximum absolute atomic E-state index is 13.8. The number of nitrogens with zero attached hydrogens (tertiary/aromatic N) is 3. The summed E-state index contributed by atoms with van der Waals surface area (Å²) in [7, 11) is 0. The molecule has 3 amide bonds. The van der Waals surface area contributed by atoms with Gasteiger partial charge >= 0.3 is 6.09 Å². The molecule has 2 heterocycles. The summed E-state index contributed by atoms with van der Waals surface area (Å²) in [6, 6.07) is 4.96. The molecule has 2 aliphatic rings. The van der Waals surface area contributed by atoms with Crippen molar-refractivity contribution in [3.63, 3.8) is 0 Å². The van der Waals surface area contributed by atoms with E-state index in [-0.39, 0.29) is 30.0 Å². The van der Waals surface area contributed by atoms with Gasteiger partial charge in [0.2, 0.25) is 0 Å². The van der Waals surface area contributed by atoms with Crippen LogP contribution in [-0.2, 0) is 9.53 Å². The largest absolute Gasteiger partial charge is 0.476 e. The molecule has 1 saturated heterocycles. The van der Waals surface area contributed by atoms with E-state index < -0.39 is 11.2 Å². The molecule has 0 unspecified atom stereocenters. The number of piperidine rings is 1. The maximum Gasteiger partial charge on any atom is 0.410 e. The monoisotopic (exact) mass is 488 g/mol. The number of benzene rings is 1. The van der Waals surface area contributed by atoms with Crippen molar-refractivity contribution in [2.24, 2.45) is 5.73 Å². The summed E-state index contributed by atoms with van der Waals surface area (Å²) >= 11 is 0. The van der Waals surface area contributed by atoms with Crippen LogP contribution in [0.2, 0.25) is 0 Å². The lowest BCUT2D eigenvalue weighted by molar-refractivity contribution is -0.132. The molecule has 0 saturated carbocycles. The Morgan fingerprint density at radius 3 is 2.57 bits per heavy atom. The van der Waals surface area contributed by atoms with E-state index in [0.29, 0.717) is 43.2 Å². The molecule has 0 aromatic heterocycles. The standard InChI is InChI=1S/C26H40N4O5/c1-17(2)30(19-9-8-13-28(16-19)24(33)35-25(3,4)5)22(31)18-10-11-21-20(15-18)29(14-12-27)23(32)26(6,7)34-21/h10-11,15,17,19H,8-9,12-14,16,27H2,1-7H3/t19-/m1/s1. The van der Waals surface area contributed by atoms with Gasteiger partial charge in [-0.05, 0) is 79.5 Å². The van der Waals surface area contributed by atoms with Crippen LogP contribution in [0.25, 0.3) is 0 Å². The molecule has 35 heavy (non-hydrogen) atoms. The number of rotatable bonds is 5. The van der Waals surface area contributed by atoms with Gasteiger partial charge in [-0.1, -0.05) is 0 Å². The van der Waals surface area contributed by atoms with Gasteiger partial charge in [-0.15, -0.1) is 0 Å². The second-order valence-electron chi connectivity index (χ2n) is 11.1. The van der Waals surface area contributed by atoms with Gasteiger partial charge < -0.3 is 29.9 Å². The van der Waals surface area contributed by atoms with Crippen LogP contribution in [0.5, 0.6) is 5.75 Å². The molecule has 1 atom stereocenters. The third kappa shape index (κ3) is 5.89. The molecule has 0 bridgehead atoms. The van der Waals surface area contributed by atoms with E-state index in [0.717, 1.165) is 12.8 Å². The molecule has 1 aromatic carbocycles. The fraction of sp³-hybridized carbons (Fsp3) is 0.654. The third-order valence-electron chi connectivity index (χ3n) is 6.21. The number of amides is 3. The maximum atomic E-state index is 13.8. The second-order valence-corrected chi connectivity index (χ2v) is 11.1. The summed E-state index contributed by atoms with van der Waals surface area (Å²) in [6.45, 7) is 14.6. The van der Waals surface area contributed by atoms with Crippen LogP contribution in [0.3, 0.4) is 0 Å². The number of ether oxygens (including phenoxy) is 2. The highest BCUT2D eigenvalue weighted by atomic mass is 16.6. The Bertz CT molecular complexity index is 969. The van der Waals surface area contributed by atoms with Crippen LogP contribution in [0.15, 0.2) is 18.2 Å². The Labute approximate surface area is 208 Å². The van der Waals surface area contributed by atoms with E-state index >= 15 is 0 Å². The van der Waals surface area contributed by atoms with Crippen molar-refractivity contribution >= 4 is 23.6 Å². The van der Waals surface area contributed by atoms with Gasteiger partial charge in [0.1, 0.15) is 11.4 Å². The molecule has 1 aromatic rings. The average molecular weight is 489 g/mol. The van der Waals surface area contributed by atoms with Crippen molar-refractivity contribution in [3.8, 4) is 5.75 Å². The minimum absolute atomic E-state index is 0.0842.